The maximum absolute atomic E-state index is 11.0. The van der Waals surface area contributed by atoms with Crippen LogP contribution < -0.4 is 5.73 Å². The second-order valence-electron chi connectivity index (χ2n) is 4.77. The lowest BCUT2D eigenvalue weighted by Gasteiger charge is -2.13. The highest BCUT2D eigenvalue weighted by Crippen LogP contribution is 2.26. The number of para-hydroxylation sites is 2. The molecule has 1 heterocycles. The monoisotopic (exact) mass is 356 g/mol. The van der Waals surface area contributed by atoms with Crippen molar-refractivity contribution in [3.63, 3.8) is 0 Å². The van der Waals surface area contributed by atoms with Gasteiger partial charge in [0.05, 0.1) is 11.0 Å². The molecule has 0 aliphatic carbocycles. The van der Waals surface area contributed by atoms with Crippen LogP contribution in [0.1, 0.15) is 5.56 Å². The van der Waals surface area contributed by atoms with E-state index in [-0.39, 0.29) is 30.3 Å². The second kappa shape index (κ2) is 8.64. The van der Waals surface area contributed by atoms with Gasteiger partial charge in [0.2, 0.25) is 0 Å². The Morgan fingerprint density at radius 1 is 1.00 bits per heavy atom. The van der Waals surface area contributed by atoms with E-state index in [0.29, 0.717) is 6.42 Å². The van der Waals surface area contributed by atoms with E-state index in [1.807, 2.05) is 48.5 Å². The molecule has 3 rings (SSSR count). The van der Waals surface area contributed by atoms with Crippen LogP contribution in [0.5, 0.6) is 0 Å². The maximum atomic E-state index is 11.0. The minimum atomic E-state index is -0.991. The molecule has 0 aliphatic heterocycles. The molecule has 1 unspecified atom stereocenters. The van der Waals surface area contributed by atoms with E-state index in [4.69, 9.17) is 10.8 Å². The lowest BCUT2D eigenvalue weighted by atomic mass is 9.97. The summed E-state index contributed by atoms with van der Waals surface area (Å²) < 4.78 is 0. The molecule has 0 fully saturated rings. The number of aliphatic carboxylic acids is 1. The summed E-state index contributed by atoms with van der Waals surface area (Å²) in [5, 5.41) is 11.0. The van der Waals surface area contributed by atoms with Crippen LogP contribution in [0.3, 0.4) is 0 Å². The fourth-order valence-electron chi connectivity index (χ4n) is 2.45. The average molecular weight is 357 g/mol. The van der Waals surface area contributed by atoms with E-state index in [0.717, 1.165) is 27.4 Å². The third-order valence-corrected chi connectivity index (χ3v) is 3.44. The zero-order valence-electron chi connectivity index (χ0n) is 12.1. The molecule has 0 bridgehead atoms. The first-order valence-electron chi connectivity index (χ1n) is 6.41. The number of fused-ring (bicyclic) bond motifs is 2. The van der Waals surface area contributed by atoms with E-state index in [1.54, 1.807) is 0 Å². The third kappa shape index (κ3) is 4.09. The van der Waals surface area contributed by atoms with E-state index in [1.165, 1.54) is 0 Å². The van der Waals surface area contributed by atoms with Crippen LogP contribution in [0.4, 0.5) is 0 Å². The lowest BCUT2D eigenvalue weighted by molar-refractivity contribution is -0.138. The first-order chi connectivity index (χ1) is 9.66. The van der Waals surface area contributed by atoms with Gasteiger partial charge in [-0.2, -0.15) is 0 Å². The van der Waals surface area contributed by atoms with Crippen LogP contribution >= 0.6 is 24.8 Å². The number of carbonyl (C=O) groups is 1. The molecule has 0 saturated heterocycles. The summed E-state index contributed by atoms with van der Waals surface area (Å²) in [6.45, 7) is 0. The molecule has 0 amide bonds. The van der Waals surface area contributed by atoms with Crippen molar-refractivity contribution in [3.05, 3.63) is 54.1 Å². The van der Waals surface area contributed by atoms with Crippen LogP contribution in [0.2, 0.25) is 0 Å². The Hall–Kier alpha value is -1.92. The molecule has 1 atom stereocenters. The van der Waals surface area contributed by atoms with Gasteiger partial charge in [-0.3, -0.25) is 4.79 Å². The highest BCUT2D eigenvalue weighted by molar-refractivity contribution is 5.97. The number of benzene rings is 2. The van der Waals surface area contributed by atoms with E-state index >= 15 is 0 Å². The van der Waals surface area contributed by atoms with Crippen molar-refractivity contribution in [1.82, 2.24) is 4.98 Å². The highest BCUT2D eigenvalue weighted by atomic mass is 35.5. The zero-order valence-corrected chi connectivity index (χ0v) is 13.7. The molecule has 3 aromatic rings. The number of rotatable bonds is 3. The van der Waals surface area contributed by atoms with Crippen molar-refractivity contribution in [2.45, 2.75) is 12.5 Å². The van der Waals surface area contributed by atoms with Crippen molar-refractivity contribution in [2.75, 3.05) is 0 Å². The van der Waals surface area contributed by atoms with Crippen LogP contribution in [0.25, 0.3) is 21.8 Å². The Balaban J connectivity index is 0.00000161. The van der Waals surface area contributed by atoms with Crippen molar-refractivity contribution in [2.24, 2.45) is 5.73 Å². The zero-order chi connectivity index (χ0) is 14.1. The summed E-state index contributed by atoms with van der Waals surface area (Å²) in [5.74, 6) is -0.991. The number of aromatic nitrogens is 1. The van der Waals surface area contributed by atoms with E-state index in [9.17, 15) is 4.79 Å². The van der Waals surface area contributed by atoms with Crippen molar-refractivity contribution in [1.29, 1.82) is 0 Å². The summed E-state index contributed by atoms with van der Waals surface area (Å²) in [6.07, 6.45) is 0.291. The Labute approximate surface area is 145 Å². The van der Waals surface area contributed by atoms with Gasteiger partial charge in [-0.05, 0) is 24.1 Å². The highest BCUT2D eigenvalue weighted by Gasteiger charge is 2.16. The first-order valence-corrected chi connectivity index (χ1v) is 6.41. The normalized spacial score (nSPS) is 11.0. The predicted molar refractivity (Wildman–Crippen MR) is 96.7 cm³/mol. The van der Waals surface area contributed by atoms with E-state index in [2.05, 4.69) is 4.98 Å². The van der Waals surface area contributed by atoms with E-state index < -0.39 is 12.0 Å². The van der Waals surface area contributed by atoms with Gasteiger partial charge in [-0.15, -0.1) is 24.8 Å². The molecule has 0 spiro atoms. The molecule has 0 aliphatic rings. The van der Waals surface area contributed by atoms with Crippen molar-refractivity contribution < 1.29 is 15.4 Å². The van der Waals surface area contributed by atoms with Gasteiger partial charge in [-0.25, -0.2) is 4.98 Å². The van der Waals surface area contributed by atoms with Gasteiger partial charge in [0.25, 0.3) is 0 Å². The minimum absolute atomic E-state index is 0. The quantitative estimate of drug-likeness (QED) is 0.702. The van der Waals surface area contributed by atoms with Gasteiger partial charge in [-0.1, -0.05) is 36.4 Å². The molecular weight excluding hydrogens is 339 g/mol. The number of carboxylic acid groups (broad SMARTS) is 1. The summed E-state index contributed by atoms with van der Waals surface area (Å²) in [6, 6.07) is 14.6. The maximum Gasteiger partial charge on any atom is 0.320 e. The number of carboxylic acids is 1. The van der Waals surface area contributed by atoms with Crippen LogP contribution in [0, 0.1) is 0 Å². The first kappa shape index (κ1) is 21.1. The molecule has 7 heteroatoms. The van der Waals surface area contributed by atoms with Crippen molar-refractivity contribution >= 4 is 52.6 Å². The average Bonchev–Trinajstić information content (AvgIpc) is 2.46. The lowest BCUT2D eigenvalue weighted by Crippen LogP contribution is -2.32. The largest absolute Gasteiger partial charge is 0.480 e. The van der Waals surface area contributed by atoms with Gasteiger partial charge < -0.3 is 16.3 Å². The molecule has 2 aromatic carbocycles. The van der Waals surface area contributed by atoms with Gasteiger partial charge in [0, 0.05) is 10.8 Å². The molecular formula is C16H18Cl2N2O3. The Kier molecular flexibility index (Phi) is 7.92. The fourth-order valence-corrected chi connectivity index (χ4v) is 2.45. The SMILES string of the molecule is Cl.Cl.NC(Cc1c2ccccc2nc2ccccc12)C(=O)O.O. The summed E-state index contributed by atoms with van der Waals surface area (Å²) in [7, 11) is 0. The molecule has 0 saturated carbocycles. The number of halogens is 2. The molecule has 1 aromatic heterocycles. The Morgan fingerprint density at radius 2 is 1.43 bits per heavy atom. The molecule has 0 radical (unpaired) electrons. The summed E-state index contributed by atoms with van der Waals surface area (Å²) >= 11 is 0. The van der Waals surface area contributed by atoms with Crippen LogP contribution in [0.15, 0.2) is 48.5 Å². The fraction of sp³-hybridized carbons (Fsp3) is 0.125. The number of nitrogens with two attached hydrogens (primary N) is 1. The molecule has 5 N–H and O–H groups in total. The standard InChI is InChI=1S/C16H14N2O2.2ClH.H2O/c17-13(16(19)20)9-12-10-5-1-3-7-14(10)18-15-8-4-2-6-11(12)15;;;/h1-8,13H,9,17H2,(H,19,20);2*1H;1H2. The molecule has 23 heavy (non-hydrogen) atoms. The summed E-state index contributed by atoms with van der Waals surface area (Å²) in [4.78, 5) is 15.6. The van der Waals surface area contributed by atoms with Crippen molar-refractivity contribution in [3.8, 4) is 0 Å². The minimum Gasteiger partial charge on any atom is -0.480 e. The number of hydrogen-bond donors (Lipinski definition) is 2. The van der Waals surface area contributed by atoms with Gasteiger partial charge in [0.1, 0.15) is 6.04 Å². The third-order valence-electron chi connectivity index (χ3n) is 3.44. The van der Waals surface area contributed by atoms with Gasteiger partial charge >= 0.3 is 5.97 Å². The molecule has 124 valence electrons. The van der Waals surface area contributed by atoms with Crippen LogP contribution in [-0.4, -0.2) is 27.6 Å². The topological polar surface area (TPSA) is 108 Å². The number of nitrogens with zero attached hydrogens (tertiary/aromatic N) is 1. The second-order valence-corrected chi connectivity index (χ2v) is 4.77. The summed E-state index contributed by atoms with van der Waals surface area (Å²) in [5.41, 5.74) is 8.38. The number of hydrogen-bond acceptors (Lipinski definition) is 3. The molecule has 5 nitrogen and oxygen atoms in total. The number of pyridine rings is 1. The Bertz CT molecular complexity index is 758. The van der Waals surface area contributed by atoms with Gasteiger partial charge in [0.15, 0.2) is 0 Å². The Morgan fingerprint density at radius 3 is 1.87 bits per heavy atom. The smallest absolute Gasteiger partial charge is 0.320 e. The van der Waals surface area contributed by atoms with Crippen LogP contribution in [-0.2, 0) is 11.2 Å². The predicted octanol–water partition coefficient (Wildman–Crippen LogP) is 2.36.